The maximum atomic E-state index is 5.85. The molecule has 0 bridgehead atoms. The smallest absolute Gasteiger partial charge is 0.189 e. The van der Waals surface area contributed by atoms with Crippen molar-refractivity contribution in [3.63, 3.8) is 0 Å². The van der Waals surface area contributed by atoms with Gasteiger partial charge in [-0.05, 0) is 37.0 Å². The molecule has 1 aromatic rings. The molecule has 0 unspecified atom stereocenters. The second kappa shape index (κ2) is 4.33. The SMILES string of the molecule is NC(=N[C@@H]1C[C@H]1c1ccc(Br)cc1)NC1CC1. The third kappa shape index (κ3) is 2.80. The summed E-state index contributed by atoms with van der Waals surface area (Å²) in [5.74, 6) is 1.18. The molecule has 2 aliphatic carbocycles. The highest BCUT2D eigenvalue weighted by atomic mass is 79.9. The molecule has 17 heavy (non-hydrogen) atoms. The van der Waals surface area contributed by atoms with Gasteiger partial charge in [-0.15, -0.1) is 0 Å². The van der Waals surface area contributed by atoms with E-state index in [9.17, 15) is 0 Å². The van der Waals surface area contributed by atoms with Crippen LogP contribution in [0.1, 0.15) is 30.7 Å². The van der Waals surface area contributed by atoms with Gasteiger partial charge in [0.2, 0.25) is 0 Å². The molecule has 2 aliphatic rings. The van der Waals surface area contributed by atoms with Crippen LogP contribution >= 0.6 is 15.9 Å². The predicted octanol–water partition coefficient (Wildman–Crippen LogP) is 2.37. The highest BCUT2D eigenvalue weighted by molar-refractivity contribution is 9.10. The Morgan fingerprint density at radius 2 is 2.00 bits per heavy atom. The van der Waals surface area contributed by atoms with Gasteiger partial charge in [-0.25, -0.2) is 4.99 Å². The van der Waals surface area contributed by atoms with Crippen molar-refractivity contribution in [1.29, 1.82) is 0 Å². The van der Waals surface area contributed by atoms with Crippen molar-refractivity contribution >= 4 is 21.9 Å². The highest BCUT2D eigenvalue weighted by Crippen LogP contribution is 2.43. The van der Waals surface area contributed by atoms with Crippen molar-refractivity contribution in [2.45, 2.75) is 37.3 Å². The van der Waals surface area contributed by atoms with Gasteiger partial charge < -0.3 is 11.1 Å². The molecule has 0 aromatic heterocycles. The van der Waals surface area contributed by atoms with Gasteiger partial charge in [-0.2, -0.15) is 0 Å². The zero-order chi connectivity index (χ0) is 11.8. The summed E-state index contributed by atoms with van der Waals surface area (Å²) in [5, 5.41) is 3.23. The summed E-state index contributed by atoms with van der Waals surface area (Å²) in [6.07, 6.45) is 3.59. The molecule has 4 heteroatoms. The summed E-state index contributed by atoms with van der Waals surface area (Å²) >= 11 is 3.45. The number of benzene rings is 1. The Morgan fingerprint density at radius 3 is 2.65 bits per heavy atom. The Kier molecular flexibility index (Phi) is 2.82. The van der Waals surface area contributed by atoms with Crippen LogP contribution in [0, 0.1) is 0 Å². The third-order valence-corrected chi connectivity index (χ3v) is 3.82. The number of nitrogens with one attached hydrogen (secondary N) is 1. The van der Waals surface area contributed by atoms with Crippen molar-refractivity contribution in [2.24, 2.45) is 10.7 Å². The number of nitrogens with two attached hydrogens (primary N) is 1. The Morgan fingerprint density at radius 1 is 1.29 bits per heavy atom. The van der Waals surface area contributed by atoms with Crippen LogP contribution < -0.4 is 11.1 Å². The predicted molar refractivity (Wildman–Crippen MR) is 73.1 cm³/mol. The topological polar surface area (TPSA) is 50.4 Å². The van der Waals surface area contributed by atoms with E-state index in [0.29, 0.717) is 24.0 Å². The zero-order valence-corrected chi connectivity index (χ0v) is 11.2. The molecule has 3 rings (SSSR count). The number of rotatable bonds is 3. The van der Waals surface area contributed by atoms with E-state index < -0.39 is 0 Å². The quantitative estimate of drug-likeness (QED) is 0.664. The summed E-state index contributed by atoms with van der Waals surface area (Å²) in [5.41, 5.74) is 7.21. The average Bonchev–Trinajstić information content (AvgIpc) is 3.17. The minimum absolute atomic E-state index is 0.377. The molecule has 0 spiro atoms. The molecule has 0 aliphatic heterocycles. The zero-order valence-electron chi connectivity index (χ0n) is 9.57. The molecule has 0 heterocycles. The van der Waals surface area contributed by atoms with Crippen molar-refractivity contribution in [3.05, 3.63) is 34.3 Å². The first-order valence-corrected chi connectivity index (χ1v) is 6.87. The maximum absolute atomic E-state index is 5.85. The lowest BCUT2D eigenvalue weighted by Crippen LogP contribution is -2.33. The van der Waals surface area contributed by atoms with E-state index in [0.717, 1.165) is 10.9 Å². The number of hydrogen-bond acceptors (Lipinski definition) is 1. The first-order chi connectivity index (χ1) is 8.22. The molecule has 3 nitrogen and oxygen atoms in total. The van der Waals surface area contributed by atoms with Gasteiger partial charge in [0.15, 0.2) is 5.96 Å². The first kappa shape index (κ1) is 11.1. The molecular weight excluding hydrogens is 278 g/mol. The molecule has 90 valence electrons. The van der Waals surface area contributed by atoms with Crippen LogP contribution in [0.2, 0.25) is 0 Å². The Labute approximate surface area is 110 Å². The fraction of sp³-hybridized carbons (Fsp3) is 0.462. The van der Waals surface area contributed by atoms with Gasteiger partial charge in [0.05, 0.1) is 6.04 Å². The van der Waals surface area contributed by atoms with Crippen LogP contribution in [0.25, 0.3) is 0 Å². The van der Waals surface area contributed by atoms with Gasteiger partial charge in [-0.3, -0.25) is 0 Å². The second-order valence-electron chi connectivity index (χ2n) is 4.89. The summed E-state index contributed by atoms with van der Waals surface area (Å²) < 4.78 is 1.12. The minimum atomic E-state index is 0.377. The lowest BCUT2D eigenvalue weighted by atomic mass is 10.1. The molecule has 0 radical (unpaired) electrons. The summed E-state index contributed by atoms with van der Waals surface area (Å²) in [4.78, 5) is 4.52. The number of hydrogen-bond donors (Lipinski definition) is 2. The van der Waals surface area contributed by atoms with Gasteiger partial charge >= 0.3 is 0 Å². The van der Waals surface area contributed by atoms with Crippen molar-refractivity contribution in [1.82, 2.24) is 5.32 Å². The molecule has 1 aromatic carbocycles. The summed E-state index contributed by atoms with van der Waals surface area (Å²) in [6.45, 7) is 0. The average molecular weight is 294 g/mol. The fourth-order valence-electron chi connectivity index (χ4n) is 2.05. The van der Waals surface area contributed by atoms with E-state index in [2.05, 4.69) is 50.5 Å². The van der Waals surface area contributed by atoms with Gasteiger partial charge in [0, 0.05) is 16.4 Å². The lowest BCUT2D eigenvalue weighted by Gasteiger charge is -2.03. The van der Waals surface area contributed by atoms with Gasteiger partial charge in [0.25, 0.3) is 0 Å². The largest absolute Gasteiger partial charge is 0.370 e. The number of guanidine groups is 1. The Balaban J connectivity index is 1.59. The summed E-state index contributed by atoms with van der Waals surface area (Å²) in [6, 6.07) is 9.45. The van der Waals surface area contributed by atoms with Crippen LogP contribution in [-0.4, -0.2) is 18.0 Å². The Bertz CT molecular complexity index is 436. The first-order valence-electron chi connectivity index (χ1n) is 6.07. The normalized spacial score (nSPS) is 27.9. The van der Waals surface area contributed by atoms with E-state index >= 15 is 0 Å². The summed E-state index contributed by atoms with van der Waals surface area (Å²) in [7, 11) is 0. The fourth-order valence-corrected chi connectivity index (χ4v) is 2.31. The molecule has 0 saturated heterocycles. The van der Waals surface area contributed by atoms with Crippen molar-refractivity contribution in [2.75, 3.05) is 0 Å². The van der Waals surface area contributed by atoms with Gasteiger partial charge in [-0.1, -0.05) is 28.1 Å². The third-order valence-electron chi connectivity index (χ3n) is 3.29. The van der Waals surface area contributed by atoms with E-state index in [1.54, 1.807) is 0 Å². The van der Waals surface area contributed by atoms with E-state index in [4.69, 9.17) is 5.73 Å². The second-order valence-corrected chi connectivity index (χ2v) is 5.81. The molecular formula is C13H16BrN3. The molecule has 3 N–H and O–H groups in total. The van der Waals surface area contributed by atoms with Crippen molar-refractivity contribution < 1.29 is 0 Å². The standard InChI is InChI=1S/C13H16BrN3/c14-9-3-1-8(2-4-9)11-7-12(11)17-13(15)16-10-5-6-10/h1-4,10-12H,5-7H2,(H3,15,16,17)/t11-,12+/m0/s1. The lowest BCUT2D eigenvalue weighted by molar-refractivity contribution is 0.871. The van der Waals surface area contributed by atoms with Crippen LogP contribution in [-0.2, 0) is 0 Å². The van der Waals surface area contributed by atoms with Crippen molar-refractivity contribution in [3.8, 4) is 0 Å². The maximum Gasteiger partial charge on any atom is 0.189 e. The van der Waals surface area contributed by atoms with Crippen LogP contribution in [0.3, 0.4) is 0 Å². The van der Waals surface area contributed by atoms with Crippen LogP contribution in [0.5, 0.6) is 0 Å². The number of nitrogens with zero attached hydrogens (tertiary/aromatic N) is 1. The molecule has 2 atom stereocenters. The van der Waals surface area contributed by atoms with Gasteiger partial charge in [0.1, 0.15) is 0 Å². The molecule has 0 amide bonds. The van der Waals surface area contributed by atoms with E-state index in [1.807, 2.05) is 0 Å². The molecule has 2 saturated carbocycles. The Hall–Kier alpha value is -1.03. The van der Waals surface area contributed by atoms with E-state index in [-0.39, 0.29) is 0 Å². The van der Waals surface area contributed by atoms with E-state index in [1.165, 1.54) is 18.4 Å². The monoisotopic (exact) mass is 293 g/mol. The number of halogens is 1. The van der Waals surface area contributed by atoms with Crippen LogP contribution in [0.4, 0.5) is 0 Å². The minimum Gasteiger partial charge on any atom is -0.370 e. The number of aliphatic imine (C=N–C) groups is 1. The highest BCUT2D eigenvalue weighted by Gasteiger charge is 2.38. The molecule has 2 fully saturated rings. The van der Waals surface area contributed by atoms with Crippen LogP contribution in [0.15, 0.2) is 33.7 Å².